The Kier molecular flexibility index (Phi) is 4.52. The first-order valence-electron chi connectivity index (χ1n) is 6.26. The minimum Gasteiger partial charge on any atom is -0.402 e. The van der Waals surface area contributed by atoms with Gasteiger partial charge in [0.1, 0.15) is 0 Å². The van der Waals surface area contributed by atoms with Crippen LogP contribution in [0.2, 0.25) is 10.0 Å². The first kappa shape index (κ1) is 15.5. The maximum absolute atomic E-state index is 11.9. The molecule has 0 radical (unpaired) electrons. The van der Waals surface area contributed by atoms with Crippen molar-refractivity contribution in [1.29, 1.82) is 0 Å². The minimum absolute atomic E-state index is 0.184. The molecule has 0 N–H and O–H groups in total. The summed E-state index contributed by atoms with van der Waals surface area (Å²) in [6, 6.07) is 12.6. The molecule has 110 valence electrons. The second-order valence-electron chi connectivity index (χ2n) is 4.52. The van der Waals surface area contributed by atoms with Crippen LogP contribution in [-0.2, 0) is 9.53 Å². The van der Waals surface area contributed by atoms with E-state index in [2.05, 4.69) is 27.6 Å². The molecule has 3 nitrogen and oxygen atoms in total. The summed E-state index contributed by atoms with van der Waals surface area (Å²) in [4.78, 5) is 16.2. The molecule has 1 aliphatic heterocycles. The molecule has 22 heavy (non-hydrogen) atoms. The molecule has 6 heteroatoms. The Morgan fingerprint density at radius 3 is 2.68 bits per heavy atom. The van der Waals surface area contributed by atoms with Gasteiger partial charge in [0.05, 0.1) is 10.6 Å². The lowest BCUT2D eigenvalue weighted by Gasteiger charge is -2.02. The number of ether oxygens (including phenoxy) is 1. The number of hydrogen-bond acceptors (Lipinski definition) is 3. The van der Waals surface area contributed by atoms with Gasteiger partial charge in [-0.25, -0.2) is 9.79 Å². The van der Waals surface area contributed by atoms with E-state index in [0.717, 1.165) is 9.13 Å². The Labute approximate surface area is 150 Å². The molecule has 1 heterocycles. The summed E-state index contributed by atoms with van der Waals surface area (Å²) < 4.78 is 6.27. The Bertz CT molecular complexity index is 831. The summed E-state index contributed by atoms with van der Waals surface area (Å²) in [6.45, 7) is 0. The number of aliphatic imine (C=N–C) groups is 1. The second kappa shape index (κ2) is 6.40. The van der Waals surface area contributed by atoms with Gasteiger partial charge in [0.2, 0.25) is 5.90 Å². The third kappa shape index (κ3) is 3.34. The summed E-state index contributed by atoms with van der Waals surface area (Å²) in [7, 11) is 0. The molecule has 0 aliphatic carbocycles. The molecule has 0 aromatic heterocycles. The van der Waals surface area contributed by atoms with E-state index in [-0.39, 0.29) is 11.6 Å². The Morgan fingerprint density at radius 2 is 1.95 bits per heavy atom. The van der Waals surface area contributed by atoms with Crippen molar-refractivity contribution < 1.29 is 9.53 Å². The van der Waals surface area contributed by atoms with Gasteiger partial charge in [-0.2, -0.15) is 0 Å². The van der Waals surface area contributed by atoms with Crippen LogP contribution in [0.3, 0.4) is 0 Å². The van der Waals surface area contributed by atoms with Crippen molar-refractivity contribution in [2.45, 2.75) is 0 Å². The third-order valence-corrected chi connectivity index (χ3v) is 4.15. The van der Waals surface area contributed by atoms with Crippen LogP contribution < -0.4 is 0 Å². The second-order valence-corrected chi connectivity index (χ2v) is 6.60. The molecule has 2 aromatic rings. The van der Waals surface area contributed by atoms with Crippen LogP contribution in [0, 0.1) is 3.57 Å². The maximum atomic E-state index is 11.9. The average molecular weight is 444 g/mol. The van der Waals surface area contributed by atoms with Crippen LogP contribution in [0.1, 0.15) is 11.1 Å². The number of rotatable bonds is 2. The fourth-order valence-corrected chi connectivity index (χ4v) is 3.00. The number of benzene rings is 2. The largest absolute Gasteiger partial charge is 0.402 e. The van der Waals surface area contributed by atoms with E-state index in [1.54, 1.807) is 24.3 Å². The van der Waals surface area contributed by atoms with E-state index in [1.165, 1.54) is 0 Å². The molecule has 0 fully saturated rings. The summed E-state index contributed by atoms with van der Waals surface area (Å²) in [6.07, 6.45) is 1.68. The highest BCUT2D eigenvalue weighted by atomic mass is 127. The Balaban J connectivity index is 1.98. The van der Waals surface area contributed by atoms with Gasteiger partial charge in [-0.05, 0) is 64.6 Å². The number of carbonyl (C=O) groups excluding carboxylic acids is 1. The SMILES string of the molecule is O=C1OC(c2ccc(Cl)cc2Cl)=NC1=Cc1cccc(I)c1. The van der Waals surface area contributed by atoms with Crippen LogP contribution in [-0.4, -0.2) is 11.9 Å². The highest BCUT2D eigenvalue weighted by Gasteiger charge is 2.25. The van der Waals surface area contributed by atoms with Crippen LogP contribution in [0.25, 0.3) is 6.08 Å². The Hall–Kier alpha value is -1.37. The van der Waals surface area contributed by atoms with E-state index >= 15 is 0 Å². The van der Waals surface area contributed by atoms with Crippen LogP contribution in [0.4, 0.5) is 0 Å². The Morgan fingerprint density at radius 1 is 1.14 bits per heavy atom. The van der Waals surface area contributed by atoms with Crippen LogP contribution in [0.5, 0.6) is 0 Å². The topological polar surface area (TPSA) is 38.7 Å². The van der Waals surface area contributed by atoms with Gasteiger partial charge in [0, 0.05) is 8.59 Å². The first-order valence-corrected chi connectivity index (χ1v) is 8.10. The van der Waals surface area contributed by atoms with Gasteiger partial charge in [-0.3, -0.25) is 0 Å². The molecule has 0 unspecified atom stereocenters. The van der Waals surface area contributed by atoms with E-state index < -0.39 is 5.97 Å². The van der Waals surface area contributed by atoms with Gasteiger partial charge < -0.3 is 4.74 Å². The summed E-state index contributed by atoms with van der Waals surface area (Å²) in [5.41, 5.74) is 1.65. The van der Waals surface area contributed by atoms with E-state index in [9.17, 15) is 4.79 Å². The third-order valence-electron chi connectivity index (χ3n) is 2.93. The van der Waals surface area contributed by atoms with Crippen molar-refractivity contribution >= 4 is 63.7 Å². The van der Waals surface area contributed by atoms with Gasteiger partial charge in [0.25, 0.3) is 0 Å². The number of cyclic esters (lactones) is 1. The fourth-order valence-electron chi connectivity index (χ4n) is 1.94. The summed E-state index contributed by atoms with van der Waals surface area (Å²) >= 11 is 14.2. The lowest BCUT2D eigenvalue weighted by atomic mass is 10.2. The van der Waals surface area contributed by atoms with Crippen molar-refractivity contribution in [2.24, 2.45) is 4.99 Å². The first-order chi connectivity index (χ1) is 10.5. The maximum Gasteiger partial charge on any atom is 0.363 e. The molecule has 3 rings (SSSR count). The van der Waals surface area contributed by atoms with Crippen molar-refractivity contribution in [2.75, 3.05) is 0 Å². The van der Waals surface area contributed by atoms with Crippen molar-refractivity contribution in [3.8, 4) is 0 Å². The number of carbonyl (C=O) groups is 1. The summed E-state index contributed by atoms with van der Waals surface area (Å²) in [5, 5.41) is 0.892. The van der Waals surface area contributed by atoms with Gasteiger partial charge >= 0.3 is 5.97 Å². The molecule has 0 amide bonds. The molecule has 2 aromatic carbocycles. The van der Waals surface area contributed by atoms with Crippen molar-refractivity contribution in [1.82, 2.24) is 0 Å². The standard InChI is InChI=1S/C16H8Cl2INO2/c17-10-4-5-12(13(18)8-10)15-20-14(16(21)22-15)7-9-2-1-3-11(19)6-9/h1-8H. The molecule has 0 atom stereocenters. The molecule has 0 saturated carbocycles. The normalized spacial score (nSPS) is 15.9. The number of esters is 1. The molecular weight excluding hydrogens is 436 g/mol. The number of halogens is 3. The number of nitrogens with zero attached hydrogens (tertiary/aromatic N) is 1. The van der Waals surface area contributed by atoms with Crippen LogP contribution in [0.15, 0.2) is 53.2 Å². The van der Waals surface area contributed by atoms with Gasteiger partial charge in [-0.15, -0.1) is 0 Å². The molecular formula is C16H8Cl2INO2. The van der Waals surface area contributed by atoms with Crippen molar-refractivity contribution in [3.05, 3.63) is 72.9 Å². The predicted molar refractivity (Wildman–Crippen MR) is 96.2 cm³/mol. The van der Waals surface area contributed by atoms with E-state index in [1.807, 2.05) is 24.3 Å². The smallest absolute Gasteiger partial charge is 0.363 e. The predicted octanol–water partition coefficient (Wildman–Crippen LogP) is 4.94. The fraction of sp³-hybridized carbons (Fsp3) is 0. The van der Waals surface area contributed by atoms with Crippen LogP contribution >= 0.6 is 45.8 Å². The zero-order valence-corrected chi connectivity index (χ0v) is 14.7. The minimum atomic E-state index is -0.500. The summed E-state index contributed by atoms with van der Waals surface area (Å²) in [5.74, 6) is -0.316. The number of hydrogen-bond donors (Lipinski definition) is 0. The van der Waals surface area contributed by atoms with E-state index in [0.29, 0.717) is 15.6 Å². The van der Waals surface area contributed by atoms with Crippen molar-refractivity contribution in [3.63, 3.8) is 0 Å². The zero-order chi connectivity index (χ0) is 15.7. The van der Waals surface area contributed by atoms with Gasteiger partial charge in [0.15, 0.2) is 5.70 Å². The molecule has 0 bridgehead atoms. The molecule has 0 saturated heterocycles. The van der Waals surface area contributed by atoms with Gasteiger partial charge in [-0.1, -0.05) is 35.3 Å². The lowest BCUT2D eigenvalue weighted by molar-refractivity contribution is -0.129. The quantitative estimate of drug-likeness (QED) is 0.374. The molecule has 0 spiro atoms. The highest BCUT2D eigenvalue weighted by Crippen LogP contribution is 2.26. The van der Waals surface area contributed by atoms with E-state index in [4.69, 9.17) is 27.9 Å². The lowest BCUT2D eigenvalue weighted by Crippen LogP contribution is -2.05. The highest BCUT2D eigenvalue weighted by molar-refractivity contribution is 14.1. The molecule has 1 aliphatic rings. The zero-order valence-electron chi connectivity index (χ0n) is 11.0. The monoisotopic (exact) mass is 443 g/mol. The average Bonchev–Trinajstić information content (AvgIpc) is 2.80.